The fraction of sp³-hybridized carbons (Fsp3) is 0. The van der Waals surface area contributed by atoms with Crippen LogP contribution in [0.2, 0.25) is 0 Å². The Labute approximate surface area is 105 Å². The topological polar surface area (TPSA) is 46.2 Å². The van der Waals surface area contributed by atoms with Crippen LogP contribution >= 0.6 is 67.8 Å². The van der Waals surface area contributed by atoms with E-state index in [4.69, 9.17) is 5.73 Å². The molecule has 0 amide bonds. The highest BCUT2D eigenvalue weighted by Crippen LogP contribution is 2.32. The number of anilines is 1. The molecule has 0 saturated carbocycles. The summed E-state index contributed by atoms with van der Waals surface area (Å²) in [6.07, 6.45) is 0. The highest BCUT2D eigenvalue weighted by Gasteiger charge is 2.09. The first-order valence-electron chi connectivity index (χ1n) is 2.66. The molecule has 0 aliphatic heterocycles. The third-order valence-electron chi connectivity index (χ3n) is 1.17. The van der Waals surface area contributed by atoms with Crippen molar-refractivity contribution in [3.63, 3.8) is 0 Å². The van der Waals surface area contributed by atoms with Crippen LogP contribution in [0.25, 0.3) is 0 Å². The minimum atomic E-state index is 0.257. The van der Waals surface area contributed by atoms with Crippen molar-refractivity contribution in [3.05, 3.63) is 16.8 Å². The number of phenolic OH excluding ortho intramolecular Hbond substituents is 1. The molecular formula is C6H4I3NO. The van der Waals surface area contributed by atoms with Gasteiger partial charge in [0.1, 0.15) is 5.75 Å². The first-order valence-corrected chi connectivity index (χ1v) is 5.89. The van der Waals surface area contributed by atoms with Crippen molar-refractivity contribution in [2.45, 2.75) is 0 Å². The lowest BCUT2D eigenvalue weighted by molar-refractivity contribution is 0.471. The smallest absolute Gasteiger partial charge is 0.132 e. The number of nitrogen functional groups attached to an aromatic ring is 1. The average Bonchev–Trinajstić information content (AvgIpc) is 1.97. The number of aromatic hydroxyl groups is 1. The van der Waals surface area contributed by atoms with Gasteiger partial charge in [0.2, 0.25) is 0 Å². The van der Waals surface area contributed by atoms with Gasteiger partial charge >= 0.3 is 0 Å². The van der Waals surface area contributed by atoms with E-state index in [1.54, 1.807) is 6.07 Å². The summed E-state index contributed by atoms with van der Waals surface area (Å²) < 4.78 is 2.72. The van der Waals surface area contributed by atoms with Gasteiger partial charge in [-0.3, -0.25) is 0 Å². The molecule has 0 aromatic heterocycles. The van der Waals surface area contributed by atoms with Gasteiger partial charge in [0.15, 0.2) is 0 Å². The Hall–Kier alpha value is 1.01. The van der Waals surface area contributed by atoms with Gasteiger partial charge in [-0.15, -0.1) is 0 Å². The van der Waals surface area contributed by atoms with Crippen LogP contribution in [0, 0.1) is 10.7 Å². The summed E-state index contributed by atoms with van der Waals surface area (Å²) in [4.78, 5) is 0. The second-order valence-electron chi connectivity index (χ2n) is 1.92. The molecule has 11 heavy (non-hydrogen) atoms. The largest absolute Gasteiger partial charge is 0.507 e. The van der Waals surface area contributed by atoms with Gasteiger partial charge in [0.25, 0.3) is 0 Å². The normalized spacial score (nSPS) is 10.1. The number of hydrogen-bond donors (Lipinski definition) is 2. The third kappa shape index (κ3) is 2.02. The van der Waals surface area contributed by atoms with Crippen LogP contribution < -0.4 is 5.73 Å². The zero-order valence-corrected chi connectivity index (χ0v) is 11.7. The second-order valence-corrected chi connectivity index (χ2v) is 5.24. The maximum Gasteiger partial charge on any atom is 0.132 e. The van der Waals surface area contributed by atoms with E-state index >= 15 is 0 Å². The number of benzene rings is 1. The molecule has 0 radical (unpaired) electrons. The van der Waals surface area contributed by atoms with Gasteiger partial charge in [0.05, 0.1) is 12.8 Å². The maximum absolute atomic E-state index is 9.31. The Kier molecular flexibility index (Phi) is 3.50. The van der Waals surface area contributed by atoms with Gasteiger partial charge < -0.3 is 10.8 Å². The fourth-order valence-corrected chi connectivity index (χ4v) is 2.56. The number of phenols is 1. The standard InChI is InChI=1S/C6H4I3NO/c7-2-1-3(11)5(9)6(10)4(2)8/h1,11H,10H2. The lowest BCUT2D eigenvalue weighted by atomic mass is 10.3. The molecule has 0 saturated heterocycles. The highest BCUT2D eigenvalue weighted by atomic mass is 127. The first kappa shape index (κ1) is 10.1. The van der Waals surface area contributed by atoms with Crippen LogP contribution in [-0.4, -0.2) is 5.11 Å². The minimum Gasteiger partial charge on any atom is -0.507 e. The molecule has 0 spiro atoms. The van der Waals surface area contributed by atoms with E-state index < -0.39 is 0 Å². The molecule has 0 aliphatic rings. The summed E-state index contributed by atoms with van der Waals surface area (Å²) in [5.41, 5.74) is 6.37. The maximum atomic E-state index is 9.31. The van der Waals surface area contributed by atoms with E-state index in [9.17, 15) is 5.11 Å². The predicted molar refractivity (Wildman–Crippen MR) is 70.7 cm³/mol. The molecule has 1 rings (SSSR count). The minimum absolute atomic E-state index is 0.257. The molecule has 1 aromatic rings. The van der Waals surface area contributed by atoms with Crippen LogP contribution in [0.5, 0.6) is 5.75 Å². The summed E-state index contributed by atoms with van der Waals surface area (Å²) in [6.45, 7) is 0. The van der Waals surface area contributed by atoms with Crippen molar-refractivity contribution in [2.24, 2.45) is 0 Å². The van der Waals surface area contributed by atoms with Crippen LogP contribution in [0.15, 0.2) is 6.07 Å². The SMILES string of the molecule is Nc1c(I)c(O)cc(I)c1I. The Morgan fingerprint density at radius 2 is 1.73 bits per heavy atom. The van der Waals surface area contributed by atoms with E-state index in [0.717, 1.165) is 10.7 Å². The second kappa shape index (κ2) is 3.81. The van der Waals surface area contributed by atoms with E-state index in [1.807, 2.05) is 22.6 Å². The van der Waals surface area contributed by atoms with Crippen LogP contribution in [0.3, 0.4) is 0 Å². The molecule has 0 bridgehead atoms. The molecule has 0 fully saturated rings. The van der Waals surface area contributed by atoms with Crippen LogP contribution in [-0.2, 0) is 0 Å². The summed E-state index contributed by atoms with van der Waals surface area (Å²) in [5.74, 6) is 0.257. The summed E-state index contributed by atoms with van der Waals surface area (Å²) in [7, 11) is 0. The number of halogens is 3. The molecule has 60 valence electrons. The Morgan fingerprint density at radius 3 is 2.27 bits per heavy atom. The number of rotatable bonds is 0. The zero-order valence-electron chi connectivity index (χ0n) is 5.24. The summed E-state index contributed by atoms with van der Waals surface area (Å²) >= 11 is 6.33. The first-order chi connectivity index (χ1) is 5.04. The molecule has 0 atom stereocenters. The quantitative estimate of drug-likeness (QED) is 0.337. The van der Waals surface area contributed by atoms with E-state index in [0.29, 0.717) is 5.69 Å². The van der Waals surface area contributed by atoms with Crippen molar-refractivity contribution in [2.75, 3.05) is 5.73 Å². The van der Waals surface area contributed by atoms with E-state index in [1.165, 1.54) is 0 Å². The molecule has 0 unspecified atom stereocenters. The molecule has 0 heterocycles. The van der Waals surface area contributed by atoms with Gasteiger partial charge in [0, 0.05) is 3.57 Å². The van der Waals surface area contributed by atoms with Crippen LogP contribution in [0.4, 0.5) is 5.69 Å². The van der Waals surface area contributed by atoms with E-state index in [2.05, 4.69) is 45.2 Å². The molecule has 0 aliphatic carbocycles. The molecule has 5 heteroatoms. The zero-order chi connectivity index (χ0) is 8.59. The Morgan fingerprint density at radius 1 is 1.18 bits per heavy atom. The monoisotopic (exact) mass is 487 g/mol. The summed E-state index contributed by atoms with van der Waals surface area (Å²) in [6, 6.07) is 1.71. The third-order valence-corrected chi connectivity index (χ3v) is 5.35. The van der Waals surface area contributed by atoms with Gasteiger partial charge in [-0.05, 0) is 73.8 Å². The van der Waals surface area contributed by atoms with Gasteiger partial charge in [-0.25, -0.2) is 0 Å². The van der Waals surface area contributed by atoms with Crippen molar-refractivity contribution >= 4 is 73.5 Å². The van der Waals surface area contributed by atoms with Crippen molar-refractivity contribution < 1.29 is 5.11 Å². The number of nitrogens with two attached hydrogens (primary N) is 1. The van der Waals surface area contributed by atoms with Crippen molar-refractivity contribution in [1.29, 1.82) is 0 Å². The molecule has 1 aromatic carbocycles. The predicted octanol–water partition coefficient (Wildman–Crippen LogP) is 2.79. The van der Waals surface area contributed by atoms with Crippen LogP contribution in [0.1, 0.15) is 0 Å². The Balaban J connectivity index is 3.46. The van der Waals surface area contributed by atoms with E-state index in [-0.39, 0.29) is 5.75 Å². The fourth-order valence-electron chi connectivity index (χ4n) is 0.610. The highest BCUT2D eigenvalue weighted by molar-refractivity contribution is 14.1. The Bertz CT molecular complexity index is 274. The average molecular weight is 487 g/mol. The van der Waals surface area contributed by atoms with Gasteiger partial charge in [-0.2, -0.15) is 0 Å². The summed E-state index contributed by atoms with van der Waals surface area (Å²) in [5, 5.41) is 9.31. The molecule has 3 N–H and O–H groups in total. The van der Waals surface area contributed by atoms with Crippen molar-refractivity contribution in [3.8, 4) is 5.75 Å². The lowest BCUT2D eigenvalue weighted by Crippen LogP contribution is -1.95. The van der Waals surface area contributed by atoms with Gasteiger partial charge in [-0.1, -0.05) is 0 Å². The van der Waals surface area contributed by atoms with Crippen molar-refractivity contribution in [1.82, 2.24) is 0 Å². The molecular weight excluding hydrogens is 483 g/mol. The number of hydrogen-bond acceptors (Lipinski definition) is 2. The molecule has 2 nitrogen and oxygen atoms in total. The lowest BCUT2D eigenvalue weighted by Gasteiger charge is -2.05.